The van der Waals surface area contributed by atoms with Gasteiger partial charge in [-0.2, -0.15) is 0 Å². The van der Waals surface area contributed by atoms with Crippen molar-refractivity contribution in [2.45, 2.75) is 19.8 Å². The van der Waals surface area contributed by atoms with Gasteiger partial charge in [-0.3, -0.25) is 9.97 Å². The summed E-state index contributed by atoms with van der Waals surface area (Å²) in [6.45, 7) is 4.48. The van der Waals surface area contributed by atoms with Gasteiger partial charge in [0, 0.05) is 28.9 Å². The normalized spacial score (nSPS) is 12.2. The Morgan fingerprint density at radius 2 is 1.53 bits per heavy atom. The van der Waals surface area contributed by atoms with Crippen molar-refractivity contribution in [1.29, 1.82) is 0 Å². The summed E-state index contributed by atoms with van der Waals surface area (Å²) in [5.41, 5.74) is 5.87. The first kappa shape index (κ1) is 10.7. The lowest BCUT2D eigenvalue weighted by molar-refractivity contribution is 0.876. The van der Waals surface area contributed by atoms with Crippen LogP contribution in [-0.4, -0.2) is 9.97 Å². The third-order valence-electron chi connectivity index (χ3n) is 3.90. The molecule has 0 unspecified atom stereocenters. The van der Waals surface area contributed by atoms with Gasteiger partial charge in [-0.1, -0.05) is 44.2 Å². The minimum atomic E-state index is 0.522. The van der Waals surface area contributed by atoms with E-state index in [-0.39, 0.29) is 0 Å². The van der Waals surface area contributed by atoms with Crippen LogP contribution < -0.4 is 0 Å². The zero-order valence-electron chi connectivity index (χ0n) is 11.0. The Balaban J connectivity index is 2.20. The van der Waals surface area contributed by atoms with Crippen molar-refractivity contribution in [2.24, 2.45) is 0 Å². The molecular weight excluding hydrogens is 232 g/mol. The van der Waals surface area contributed by atoms with Crippen LogP contribution in [0, 0.1) is 0 Å². The molecule has 0 bridgehead atoms. The molecule has 0 saturated heterocycles. The molecule has 0 spiro atoms. The maximum Gasteiger partial charge on any atom is 0.0971 e. The molecule has 19 heavy (non-hydrogen) atoms. The van der Waals surface area contributed by atoms with Crippen molar-refractivity contribution in [3.05, 3.63) is 48.3 Å². The van der Waals surface area contributed by atoms with E-state index in [1.807, 2.05) is 0 Å². The molecule has 1 aliphatic rings. The second-order valence-corrected chi connectivity index (χ2v) is 5.34. The molecule has 1 aromatic heterocycles. The topological polar surface area (TPSA) is 25.8 Å². The molecule has 1 heterocycles. The Labute approximate surface area is 112 Å². The van der Waals surface area contributed by atoms with Gasteiger partial charge in [0.2, 0.25) is 0 Å². The van der Waals surface area contributed by atoms with Crippen molar-refractivity contribution in [3.63, 3.8) is 0 Å². The van der Waals surface area contributed by atoms with Crippen molar-refractivity contribution < 1.29 is 0 Å². The van der Waals surface area contributed by atoms with E-state index in [2.05, 4.69) is 54.1 Å². The number of hydrogen-bond donors (Lipinski definition) is 0. The van der Waals surface area contributed by atoms with Gasteiger partial charge in [-0.15, -0.1) is 0 Å². The predicted molar refractivity (Wildman–Crippen MR) is 78.1 cm³/mol. The van der Waals surface area contributed by atoms with Crippen LogP contribution in [-0.2, 0) is 0 Å². The minimum absolute atomic E-state index is 0.522. The molecule has 2 heteroatoms. The molecule has 0 N–H and O–H groups in total. The monoisotopic (exact) mass is 246 g/mol. The molecule has 92 valence electrons. The van der Waals surface area contributed by atoms with Crippen molar-refractivity contribution in [2.75, 3.05) is 0 Å². The van der Waals surface area contributed by atoms with Crippen LogP contribution in [0.3, 0.4) is 0 Å². The van der Waals surface area contributed by atoms with Crippen LogP contribution in [0.15, 0.2) is 42.7 Å². The second kappa shape index (κ2) is 3.64. The van der Waals surface area contributed by atoms with Crippen LogP contribution in [0.25, 0.3) is 33.3 Å². The lowest BCUT2D eigenvalue weighted by Gasteiger charge is -2.11. The first-order chi connectivity index (χ1) is 9.27. The molecule has 2 nitrogen and oxygen atoms in total. The summed E-state index contributed by atoms with van der Waals surface area (Å²) >= 11 is 0. The third kappa shape index (κ3) is 1.31. The van der Waals surface area contributed by atoms with Crippen LogP contribution in [0.2, 0.25) is 0 Å². The molecule has 1 aliphatic carbocycles. The van der Waals surface area contributed by atoms with Gasteiger partial charge in [-0.25, -0.2) is 0 Å². The van der Waals surface area contributed by atoms with Crippen LogP contribution in [0.5, 0.6) is 0 Å². The quantitative estimate of drug-likeness (QED) is 0.497. The first-order valence-electron chi connectivity index (χ1n) is 6.65. The predicted octanol–water partition coefficient (Wildman–Crippen LogP) is 4.40. The van der Waals surface area contributed by atoms with Crippen LogP contribution in [0.4, 0.5) is 0 Å². The molecule has 0 amide bonds. The van der Waals surface area contributed by atoms with E-state index in [1.54, 1.807) is 12.4 Å². The molecule has 0 saturated carbocycles. The maximum atomic E-state index is 4.51. The number of benzene rings is 2. The van der Waals surface area contributed by atoms with E-state index in [0.717, 1.165) is 11.4 Å². The summed E-state index contributed by atoms with van der Waals surface area (Å²) in [4.78, 5) is 9.02. The van der Waals surface area contributed by atoms with Crippen molar-refractivity contribution in [1.82, 2.24) is 9.97 Å². The molecule has 0 radical (unpaired) electrons. The number of aromatic nitrogens is 2. The molecule has 0 fully saturated rings. The minimum Gasteiger partial charge on any atom is -0.252 e. The Kier molecular flexibility index (Phi) is 2.05. The highest BCUT2D eigenvalue weighted by molar-refractivity contribution is 6.14. The summed E-state index contributed by atoms with van der Waals surface area (Å²) in [5, 5.41) is 2.65. The number of rotatable bonds is 1. The smallest absolute Gasteiger partial charge is 0.0971 e. The SMILES string of the molecule is CC(C)c1ccc2c3c(cccc13)-c1nccnc1-2. The van der Waals surface area contributed by atoms with E-state index < -0.39 is 0 Å². The van der Waals surface area contributed by atoms with Gasteiger partial charge >= 0.3 is 0 Å². The fraction of sp³-hybridized carbons (Fsp3) is 0.176. The molecule has 2 aromatic carbocycles. The Hall–Kier alpha value is -2.22. The standard InChI is InChI=1S/C17H14N2/c1-10(2)11-6-7-14-15-12(11)4-3-5-13(15)16-17(14)19-9-8-18-16/h3-10H,1-2H3. The van der Waals surface area contributed by atoms with Gasteiger partial charge in [0.1, 0.15) is 0 Å². The van der Waals surface area contributed by atoms with Crippen molar-refractivity contribution >= 4 is 10.8 Å². The Bertz CT molecular complexity index is 774. The van der Waals surface area contributed by atoms with E-state index in [9.17, 15) is 0 Å². The van der Waals surface area contributed by atoms with E-state index in [4.69, 9.17) is 0 Å². The van der Waals surface area contributed by atoms with E-state index in [0.29, 0.717) is 5.92 Å². The zero-order valence-corrected chi connectivity index (χ0v) is 11.0. The third-order valence-corrected chi connectivity index (χ3v) is 3.90. The van der Waals surface area contributed by atoms with Crippen molar-refractivity contribution in [3.8, 4) is 22.5 Å². The largest absolute Gasteiger partial charge is 0.252 e. The highest BCUT2D eigenvalue weighted by Crippen LogP contribution is 2.46. The summed E-state index contributed by atoms with van der Waals surface area (Å²) in [7, 11) is 0. The lowest BCUT2D eigenvalue weighted by atomic mass is 9.93. The number of nitrogens with zero attached hydrogens (tertiary/aromatic N) is 2. The van der Waals surface area contributed by atoms with Gasteiger partial charge < -0.3 is 0 Å². The second-order valence-electron chi connectivity index (χ2n) is 5.34. The number of fused-ring (bicyclic) bond motifs is 3. The summed E-state index contributed by atoms with van der Waals surface area (Å²) in [5.74, 6) is 0.522. The van der Waals surface area contributed by atoms with Crippen LogP contribution >= 0.6 is 0 Å². The highest BCUT2D eigenvalue weighted by atomic mass is 14.8. The average Bonchev–Trinajstić information content (AvgIpc) is 2.76. The summed E-state index contributed by atoms with van der Waals surface area (Å²) < 4.78 is 0. The fourth-order valence-corrected chi connectivity index (χ4v) is 3.06. The zero-order chi connectivity index (χ0) is 13.0. The fourth-order valence-electron chi connectivity index (χ4n) is 3.06. The summed E-state index contributed by atoms with van der Waals surface area (Å²) in [6, 6.07) is 10.9. The van der Waals surface area contributed by atoms with Gasteiger partial charge in [-0.05, 0) is 16.9 Å². The van der Waals surface area contributed by atoms with Crippen LogP contribution in [0.1, 0.15) is 25.3 Å². The van der Waals surface area contributed by atoms with Gasteiger partial charge in [0.05, 0.1) is 11.4 Å². The highest BCUT2D eigenvalue weighted by Gasteiger charge is 2.24. The van der Waals surface area contributed by atoms with Gasteiger partial charge in [0.15, 0.2) is 0 Å². The lowest BCUT2D eigenvalue weighted by Crippen LogP contribution is -1.90. The Morgan fingerprint density at radius 1 is 0.842 bits per heavy atom. The molecule has 0 atom stereocenters. The van der Waals surface area contributed by atoms with E-state index >= 15 is 0 Å². The number of hydrogen-bond acceptors (Lipinski definition) is 2. The summed E-state index contributed by atoms with van der Waals surface area (Å²) in [6.07, 6.45) is 3.54. The Morgan fingerprint density at radius 3 is 2.21 bits per heavy atom. The van der Waals surface area contributed by atoms with Gasteiger partial charge in [0.25, 0.3) is 0 Å². The molecule has 0 aliphatic heterocycles. The molecular formula is C17H14N2. The molecule has 3 aromatic rings. The maximum absolute atomic E-state index is 4.51. The van der Waals surface area contributed by atoms with E-state index in [1.165, 1.54) is 27.5 Å². The first-order valence-corrected chi connectivity index (χ1v) is 6.65. The average molecular weight is 246 g/mol. The molecule has 4 rings (SSSR count).